The van der Waals surface area contributed by atoms with Crippen molar-refractivity contribution in [2.24, 2.45) is 5.92 Å². The lowest BCUT2D eigenvalue weighted by molar-refractivity contribution is -0.192. The number of hydrogen-bond acceptors (Lipinski definition) is 5. The van der Waals surface area contributed by atoms with Crippen LogP contribution in [0, 0.1) is 17.6 Å². The van der Waals surface area contributed by atoms with Crippen molar-refractivity contribution in [1.29, 1.82) is 0 Å². The molecule has 13 heteroatoms. The van der Waals surface area contributed by atoms with Crippen LogP contribution in [0.25, 0.3) is 11.1 Å². The van der Waals surface area contributed by atoms with Gasteiger partial charge in [-0.1, -0.05) is 0 Å². The van der Waals surface area contributed by atoms with Gasteiger partial charge >= 0.3 is 12.1 Å². The molecular weight excluding hydrogens is 525 g/mol. The van der Waals surface area contributed by atoms with E-state index < -0.39 is 23.8 Å². The molecule has 1 aliphatic carbocycles. The van der Waals surface area contributed by atoms with Crippen LogP contribution in [-0.2, 0) is 17.9 Å². The average molecular weight is 552 g/mol. The molecule has 3 aromatic rings. The van der Waals surface area contributed by atoms with Gasteiger partial charge in [-0.15, -0.1) is 0 Å². The Kier molecular flexibility index (Phi) is 8.46. The number of anilines is 1. The Bertz CT molecular complexity index is 1300. The van der Waals surface area contributed by atoms with Gasteiger partial charge in [0, 0.05) is 62.0 Å². The summed E-state index contributed by atoms with van der Waals surface area (Å²) < 4.78 is 60.6. The standard InChI is InChI=1S/C24H25F2N5O.C2HF3O2/c25-20-7-17(8-21(26)10-20)11-27-23(32)22-9-18(15-31(22)14-16-3-4-16)19-12-28-24(29-13-19)30-5-1-2-6-30;3-2(4,5)1(6)7/h7-10,12-13,15-16H,1-6,11,14H2,(H,27,32);(H,6,7). The van der Waals surface area contributed by atoms with E-state index in [1.807, 2.05) is 16.8 Å². The van der Waals surface area contributed by atoms with Gasteiger partial charge in [0.2, 0.25) is 5.95 Å². The average Bonchev–Trinajstić information content (AvgIpc) is 3.34. The van der Waals surface area contributed by atoms with Gasteiger partial charge in [-0.05, 0) is 55.4 Å². The van der Waals surface area contributed by atoms with Crippen LogP contribution in [0.2, 0.25) is 0 Å². The third kappa shape index (κ3) is 7.74. The number of aromatic nitrogens is 3. The highest BCUT2D eigenvalue weighted by Crippen LogP contribution is 2.32. The minimum atomic E-state index is -5.08. The summed E-state index contributed by atoms with van der Waals surface area (Å²) in [6.45, 7) is 2.78. The summed E-state index contributed by atoms with van der Waals surface area (Å²) in [5.41, 5.74) is 2.62. The number of nitrogens with one attached hydrogen (secondary N) is 1. The smallest absolute Gasteiger partial charge is 0.475 e. The zero-order chi connectivity index (χ0) is 28.2. The molecule has 2 N–H and O–H groups in total. The molecule has 1 aliphatic heterocycles. The maximum Gasteiger partial charge on any atom is 0.490 e. The maximum absolute atomic E-state index is 13.4. The summed E-state index contributed by atoms with van der Waals surface area (Å²) in [6, 6.07) is 5.09. The van der Waals surface area contributed by atoms with E-state index in [9.17, 15) is 26.7 Å². The summed E-state index contributed by atoms with van der Waals surface area (Å²) in [5.74, 6) is -3.04. The molecule has 1 aromatic carbocycles. The van der Waals surface area contributed by atoms with Crippen molar-refractivity contribution in [2.75, 3.05) is 18.0 Å². The van der Waals surface area contributed by atoms with Crippen molar-refractivity contribution in [3.63, 3.8) is 0 Å². The summed E-state index contributed by atoms with van der Waals surface area (Å²) in [6.07, 6.45) is 5.12. The van der Waals surface area contributed by atoms with E-state index in [0.717, 1.165) is 68.5 Å². The highest BCUT2D eigenvalue weighted by molar-refractivity contribution is 5.94. The first kappa shape index (κ1) is 28.0. The molecule has 8 nitrogen and oxygen atoms in total. The fourth-order valence-corrected chi connectivity index (χ4v) is 4.13. The number of hydrogen-bond donors (Lipinski definition) is 2. The van der Waals surface area contributed by atoms with Gasteiger partial charge in [-0.2, -0.15) is 13.2 Å². The second-order valence-electron chi connectivity index (χ2n) is 9.44. The van der Waals surface area contributed by atoms with Gasteiger partial charge in [-0.25, -0.2) is 23.5 Å². The Morgan fingerprint density at radius 2 is 1.56 bits per heavy atom. The lowest BCUT2D eigenvalue weighted by Crippen LogP contribution is -2.25. The highest BCUT2D eigenvalue weighted by atomic mass is 19.4. The van der Waals surface area contributed by atoms with Crippen molar-refractivity contribution in [2.45, 2.75) is 44.9 Å². The third-order valence-electron chi connectivity index (χ3n) is 6.26. The van der Waals surface area contributed by atoms with Crippen LogP contribution in [0.4, 0.5) is 27.9 Å². The Hall–Kier alpha value is -4.03. The van der Waals surface area contributed by atoms with E-state index in [1.54, 1.807) is 12.4 Å². The summed E-state index contributed by atoms with van der Waals surface area (Å²) >= 11 is 0. The highest BCUT2D eigenvalue weighted by Gasteiger charge is 2.38. The number of aliphatic carboxylic acids is 1. The van der Waals surface area contributed by atoms with E-state index in [0.29, 0.717) is 17.2 Å². The van der Waals surface area contributed by atoms with Gasteiger partial charge in [-0.3, -0.25) is 4.79 Å². The second-order valence-corrected chi connectivity index (χ2v) is 9.44. The van der Waals surface area contributed by atoms with Crippen molar-refractivity contribution in [3.05, 3.63) is 65.7 Å². The molecule has 0 unspecified atom stereocenters. The van der Waals surface area contributed by atoms with E-state index in [4.69, 9.17) is 9.90 Å². The SMILES string of the molecule is O=C(NCc1cc(F)cc(F)c1)c1cc(-c2cnc(N3CCCC3)nc2)cn1CC1CC1.O=C(O)C(F)(F)F. The van der Waals surface area contributed by atoms with Gasteiger partial charge in [0.05, 0.1) is 0 Å². The van der Waals surface area contributed by atoms with E-state index in [2.05, 4.69) is 20.2 Å². The molecule has 0 radical (unpaired) electrons. The number of rotatable bonds is 7. The number of carbonyl (C=O) groups is 2. The van der Waals surface area contributed by atoms with Crippen LogP contribution in [-0.4, -0.2) is 50.8 Å². The molecular formula is C26H26F5N5O3. The summed E-state index contributed by atoms with van der Waals surface area (Å²) in [4.78, 5) is 33.0. The molecule has 0 bridgehead atoms. The minimum absolute atomic E-state index is 0.0467. The zero-order valence-corrected chi connectivity index (χ0v) is 20.7. The lowest BCUT2D eigenvalue weighted by atomic mass is 10.2. The maximum atomic E-state index is 13.4. The molecule has 1 saturated heterocycles. The molecule has 0 atom stereocenters. The first-order chi connectivity index (χ1) is 18.5. The molecule has 208 valence electrons. The Morgan fingerprint density at radius 1 is 0.974 bits per heavy atom. The van der Waals surface area contributed by atoms with E-state index >= 15 is 0 Å². The number of halogens is 5. The second kappa shape index (κ2) is 11.8. The number of alkyl halides is 3. The summed E-state index contributed by atoms with van der Waals surface area (Å²) in [5, 5.41) is 9.91. The van der Waals surface area contributed by atoms with Gasteiger partial charge < -0.3 is 19.9 Å². The van der Waals surface area contributed by atoms with Crippen molar-refractivity contribution in [3.8, 4) is 11.1 Å². The van der Waals surface area contributed by atoms with Gasteiger partial charge in [0.1, 0.15) is 17.3 Å². The Morgan fingerprint density at radius 3 is 2.10 bits per heavy atom. The normalized spacial score (nSPS) is 15.1. The number of carboxylic acid groups (broad SMARTS) is 1. The number of carboxylic acids is 1. The number of carbonyl (C=O) groups excluding carboxylic acids is 1. The molecule has 1 saturated carbocycles. The third-order valence-corrected chi connectivity index (χ3v) is 6.26. The molecule has 1 amide bonds. The molecule has 2 aromatic heterocycles. The predicted molar refractivity (Wildman–Crippen MR) is 131 cm³/mol. The molecule has 39 heavy (non-hydrogen) atoms. The number of nitrogens with zero attached hydrogens (tertiary/aromatic N) is 4. The van der Waals surface area contributed by atoms with E-state index in [-0.39, 0.29) is 12.5 Å². The van der Waals surface area contributed by atoms with Crippen LogP contribution < -0.4 is 10.2 Å². The predicted octanol–water partition coefficient (Wildman–Crippen LogP) is 4.80. The van der Waals surface area contributed by atoms with Crippen molar-refractivity contribution < 1.29 is 36.6 Å². The quantitative estimate of drug-likeness (QED) is 0.410. The molecule has 3 heterocycles. The number of amides is 1. The monoisotopic (exact) mass is 551 g/mol. The minimum Gasteiger partial charge on any atom is -0.475 e. The molecule has 2 fully saturated rings. The Balaban J connectivity index is 0.000000448. The van der Waals surface area contributed by atoms with Gasteiger partial charge in [0.25, 0.3) is 5.91 Å². The topological polar surface area (TPSA) is 100 Å². The Labute approximate surface area is 220 Å². The lowest BCUT2D eigenvalue weighted by Gasteiger charge is -2.14. The van der Waals surface area contributed by atoms with Gasteiger partial charge in [0.15, 0.2) is 0 Å². The van der Waals surface area contributed by atoms with Crippen LogP contribution in [0.5, 0.6) is 0 Å². The fourth-order valence-electron chi connectivity index (χ4n) is 4.13. The largest absolute Gasteiger partial charge is 0.490 e. The van der Waals surface area contributed by atoms with Crippen molar-refractivity contribution >= 4 is 17.8 Å². The van der Waals surface area contributed by atoms with Crippen LogP contribution in [0.15, 0.2) is 42.9 Å². The fraction of sp³-hybridized carbons (Fsp3) is 0.385. The van der Waals surface area contributed by atoms with Crippen LogP contribution >= 0.6 is 0 Å². The summed E-state index contributed by atoms with van der Waals surface area (Å²) in [7, 11) is 0. The number of benzene rings is 1. The van der Waals surface area contributed by atoms with E-state index in [1.165, 1.54) is 12.1 Å². The zero-order valence-electron chi connectivity index (χ0n) is 20.7. The first-order valence-corrected chi connectivity index (χ1v) is 12.3. The molecule has 5 rings (SSSR count). The van der Waals surface area contributed by atoms with Crippen LogP contribution in [0.1, 0.15) is 41.7 Å². The molecule has 0 spiro atoms. The first-order valence-electron chi connectivity index (χ1n) is 12.3. The van der Waals surface area contributed by atoms with Crippen molar-refractivity contribution in [1.82, 2.24) is 19.9 Å². The van der Waals surface area contributed by atoms with Crippen LogP contribution in [0.3, 0.4) is 0 Å². The molecule has 2 aliphatic rings.